The standard InChI is InChI=1S/C26H33NO3/c28-23(16-12-20-8-4-3-5-9-20)17-18-24-21(13-19-25(24)29)10-6-1-2-7-11-26(30)27-22-14-15-22/h1,3-6,8-9,13,17-19,21-24,28H,2,7,10-12,14-16H2,(H,27,30)/b6-1-,18-17+/t21-,23-,24+/m0/s1. The van der Waals surface area contributed by atoms with E-state index in [0.29, 0.717) is 18.9 Å². The Bertz CT molecular complexity index is 777. The van der Waals surface area contributed by atoms with E-state index < -0.39 is 6.10 Å². The summed E-state index contributed by atoms with van der Waals surface area (Å²) in [5.41, 5.74) is 1.21. The third-order valence-electron chi connectivity index (χ3n) is 5.70. The SMILES string of the molecule is O=C(CCC/C=C\C[C@H]1C=CC(=O)[C@@H]1/C=C/[C@@H](O)CCc1ccccc1)NC1CC1. The molecule has 0 aromatic heterocycles. The molecule has 2 aliphatic carbocycles. The molecule has 2 N–H and O–H groups in total. The number of amides is 1. The van der Waals surface area contributed by atoms with Gasteiger partial charge >= 0.3 is 0 Å². The molecular formula is C26H33NO3. The highest BCUT2D eigenvalue weighted by molar-refractivity contribution is 5.95. The number of rotatable bonds is 12. The number of carbonyl (C=O) groups excluding carboxylic acids is 2. The first kappa shape index (κ1) is 22.2. The Hall–Kier alpha value is -2.46. The molecule has 160 valence electrons. The average Bonchev–Trinajstić information content (AvgIpc) is 3.49. The number of benzene rings is 1. The van der Waals surface area contributed by atoms with Crippen molar-refractivity contribution >= 4 is 11.7 Å². The van der Waals surface area contributed by atoms with Crippen molar-refractivity contribution in [2.75, 3.05) is 0 Å². The van der Waals surface area contributed by atoms with Crippen molar-refractivity contribution in [2.45, 2.75) is 63.5 Å². The third kappa shape index (κ3) is 7.75. The van der Waals surface area contributed by atoms with Gasteiger partial charge in [-0.2, -0.15) is 0 Å². The van der Waals surface area contributed by atoms with Crippen LogP contribution in [0.2, 0.25) is 0 Å². The molecule has 1 fully saturated rings. The molecular weight excluding hydrogens is 374 g/mol. The topological polar surface area (TPSA) is 66.4 Å². The summed E-state index contributed by atoms with van der Waals surface area (Å²) in [6, 6.07) is 10.5. The van der Waals surface area contributed by atoms with E-state index in [-0.39, 0.29) is 23.5 Å². The first-order chi connectivity index (χ1) is 14.6. The number of allylic oxidation sites excluding steroid dienone is 5. The van der Waals surface area contributed by atoms with Crippen molar-refractivity contribution in [2.24, 2.45) is 11.8 Å². The first-order valence-corrected chi connectivity index (χ1v) is 11.2. The Balaban J connectivity index is 1.35. The van der Waals surface area contributed by atoms with E-state index in [1.54, 1.807) is 12.2 Å². The third-order valence-corrected chi connectivity index (χ3v) is 5.70. The van der Waals surface area contributed by atoms with Crippen LogP contribution in [0.1, 0.15) is 50.5 Å². The summed E-state index contributed by atoms with van der Waals surface area (Å²) in [7, 11) is 0. The van der Waals surface area contributed by atoms with E-state index in [9.17, 15) is 14.7 Å². The molecule has 1 amide bonds. The molecule has 1 saturated carbocycles. The van der Waals surface area contributed by atoms with Gasteiger partial charge in [0.15, 0.2) is 5.78 Å². The van der Waals surface area contributed by atoms with Gasteiger partial charge in [-0.3, -0.25) is 9.59 Å². The lowest BCUT2D eigenvalue weighted by Crippen LogP contribution is -2.24. The van der Waals surface area contributed by atoms with Crippen LogP contribution < -0.4 is 5.32 Å². The van der Waals surface area contributed by atoms with E-state index in [4.69, 9.17) is 0 Å². The monoisotopic (exact) mass is 407 g/mol. The summed E-state index contributed by atoms with van der Waals surface area (Å²) in [6.45, 7) is 0. The summed E-state index contributed by atoms with van der Waals surface area (Å²) >= 11 is 0. The minimum atomic E-state index is -0.545. The highest BCUT2D eigenvalue weighted by atomic mass is 16.3. The number of unbranched alkanes of at least 4 members (excludes halogenated alkanes) is 1. The van der Waals surface area contributed by atoms with Crippen molar-refractivity contribution in [3.63, 3.8) is 0 Å². The minimum absolute atomic E-state index is 0.108. The molecule has 0 heterocycles. The Morgan fingerprint density at radius 2 is 2.00 bits per heavy atom. The molecule has 4 heteroatoms. The normalized spacial score (nSPS) is 22.2. The van der Waals surface area contributed by atoms with Crippen LogP contribution in [0.4, 0.5) is 0 Å². The van der Waals surface area contributed by atoms with Gasteiger partial charge in [0.2, 0.25) is 5.91 Å². The van der Waals surface area contributed by atoms with Crippen LogP contribution in [0.3, 0.4) is 0 Å². The summed E-state index contributed by atoms with van der Waals surface area (Å²) in [6.07, 6.45) is 17.8. The zero-order valence-electron chi connectivity index (χ0n) is 17.6. The Morgan fingerprint density at radius 3 is 2.77 bits per heavy atom. The lowest BCUT2D eigenvalue weighted by Gasteiger charge is -2.13. The molecule has 0 aliphatic heterocycles. The Labute approximate surface area is 179 Å². The first-order valence-electron chi connectivity index (χ1n) is 11.2. The molecule has 3 atom stereocenters. The maximum atomic E-state index is 12.2. The van der Waals surface area contributed by atoms with E-state index >= 15 is 0 Å². The number of aryl methyl sites for hydroxylation is 1. The second kappa shape index (κ2) is 11.7. The average molecular weight is 408 g/mol. The highest BCUT2D eigenvalue weighted by Gasteiger charge is 2.27. The van der Waals surface area contributed by atoms with Gasteiger partial charge in [-0.15, -0.1) is 0 Å². The summed E-state index contributed by atoms with van der Waals surface area (Å²) < 4.78 is 0. The fourth-order valence-corrected chi connectivity index (χ4v) is 3.71. The predicted molar refractivity (Wildman–Crippen MR) is 120 cm³/mol. The number of aliphatic hydroxyl groups is 1. The van der Waals surface area contributed by atoms with Gasteiger partial charge in [-0.05, 0) is 62.5 Å². The predicted octanol–water partition coefficient (Wildman–Crippen LogP) is 4.30. The van der Waals surface area contributed by atoms with Gasteiger partial charge in [0.1, 0.15) is 0 Å². The zero-order valence-corrected chi connectivity index (χ0v) is 17.6. The van der Waals surface area contributed by atoms with E-state index in [0.717, 1.165) is 38.5 Å². The van der Waals surface area contributed by atoms with Gasteiger partial charge in [0, 0.05) is 18.4 Å². The molecule has 1 aromatic rings. The van der Waals surface area contributed by atoms with E-state index in [1.807, 2.05) is 30.4 Å². The number of aliphatic hydroxyl groups excluding tert-OH is 1. The van der Waals surface area contributed by atoms with Gasteiger partial charge in [-0.1, -0.05) is 60.7 Å². The Morgan fingerprint density at radius 1 is 1.20 bits per heavy atom. The van der Waals surface area contributed by atoms with Crippen LogP contribution in [0, 0.1) is 11.8 Å². The molecule has 1 aromatic carbocycles. The van der Waals surface area contributed by atoms with Crippen molar-refractivity contribution in [1.29, 1.82) is 0 Å². The van der Waals surface area contributed by atoms with Crippen LogP contribution in [0.15, 0.2) is 66.8 Å². The van der Waals surface area contributed by atoms with Gasteiger partial charge in [0.25, 0.3) is 0 Å². The van der Waals surface area contributed by atoms with Gasteiger partial charge in [-0.25, -0.2) is 0 Å². The maximum Gasteiger partial charge on any atom is 0.220 e. The number of carbonyl (C=O) groups is 2. The van der Waals surface area contributed by atoms with Crippen LogP contribution in [-0.2, 0) is 16.0 Å². The second-order valence-corrected chi connectivity index (χ2v) is 8.37. The summed E-state index contributed by atoms with van der Waals surface area (Å²) in [5, 5.41) is 13.3. The molecule has 0 saturated heterocycles. The fraction of sp³-hybridized carbons (Fsp3) is 0.462. The molecule has 4 nitrogen and oxygen atoms in total. The molecule has 0 radical (unpaired) electrons. The second-order valence-electron chi connectivity index (χ2n) is 8.37. The summed E-state index contributed by atoms with van der Waals surface area (Å²) in [5.74, 6) is 0.220. The maximum absolute atomic E-state index is 12.2. The molecule has 2 aliphatic rings. The zero-order chi connectivity index (χ0) is 21.2. The van der Waals surface area contributed by atoms with Crippen molar-refractivity contribution < 1.29 is 14.7 Å². The van der Waals surface area contributed by atoms with Crippen LogP contribution in [0.25, 0.3) is 0 Å². The number of hydrogen-bond donors (Lipinski definition) is 2. The lowest BCUT2D eigenvalue weighted by molar-refractivity contribution is -0.121. The molecule has 0 unspecified atom stereocenters. The highest BCUT2D eigenvalue weighted by Crippen LogP contribution is 2.27. The van der Waals surface area contributed by atoms with Crippen LogP contribution >= 0.6 is 0 Å². The minimum Gasteiger partial charge on any atom is -0.389 e. The quantitative estimate of drug-likeness (QED) is 0.401. The summed E-state index contributed by atoms with van der Waals surface area (Å²) in [4.78, 5) is 23.9. The van der Waals surface area contributed by atoms with Crippen LogP contribution in [0.5, 0.6) is 0 Å². The molecule has 3 rings (SSSR count). The van der Waals surface area contributed by atoms with E-state index in [1.165, 1.54) is 5.56 Å². The fourth-order valence-electron chi connectivity index (χ4n) is 3.71. The number of nitrogens with one attached hydrogen (secondary N) is 1. The van der Waals surface area contributed by atoms with Gasteiger partial charge in [0.05, 0.1) is 6.10 Å². The van der Waals surface area contributed by atoms with Crippen molar-refractivity contribution in [3.05, 3.63) is 72.4 Å². The van der Waals surface area contributed by atoms with Crippen LogP contribution in [-0.4, -0.2) is 28.9 Å². The smallest absolute Gasteiger partial charge is 0.220 e. The van der Waals surface area contributed by atoms with E-state index in [2.05, 4.69) is 29.6 Å². The van der Waals surface area contributed by atoms with Crippen molar-refractivity contribution in [3.8, 4) is 0 Å². The lowest BCUT2D eigenvalue weighted by atomic mass is 9.90. The number of hydrogen-bond acceptors (Lipinski definition) is 3. The molecule has 0 bridgehead atoms. The largest absolute Gasteiger partial charge is 0.389 e. The van der Waals surface area contributed by atoms with Crippen molar-refractivity contribution in [1.82, 2.24) is 5.32 Å². The molecule has 30 heavy (non-hydrogen) atoms. The Kier molecular flexibility index (Phi) is 8.64. The van der Waals surface area contributed by atoms with Gasteiger partial charge < -0.3 is 10.4 Å². The number of ketones is 1. The molecule has 0 spiro atoms.